The molecule has 0 unspecified atom stereocenters. The van der Waals surface area contributed by atoms with Gasteiger partial charge < -0.3 is 25.0 Å². The summed E-state index contributed by atoms with van der Waals surface area (Å²) >= 11 is 0. The van der Waals surface area contributed by atoms with Crippen molar-refractivity contribution >= 4 is 33.9 Å². The van der Waals surface area contributed by atoms with Crippen LogP contribution in [0.5, 0.6) is 17.2 Å². The summed E-state index contributed by atoms with van der Waals surface area (Å²) in [6.07, 6.45) is 4.56. The molecule has 1 aromatic heterocycles. The van der Waals surface area contributed by atoms with Crippen LogP contribution in [0, 0.1) is 23.0 Å². The summed E-state index contributed by atoms with van der Waals surface area (Å²) in [5, 5.41) is 16.2. The van der Waals surface area contributed by atoms with Crippen LogP contribution in [0.25, 0.3) is 10.9 Å². The van der Waals surface area contributed by atoms with Crippen LogP contribution < -0.4 is 20.1 Å². The van der Waals surface area contributed by atoms with Gasteiger partial charge in [0.15, 0.2) is 11.6 Å². The van der Waals surface area contributed by atoms with Crippen molar-refractivity contribution in [2.45, 2.75) is 6.92 Å². The standard InChI is InChI=1S/C30H27F2N5O3/c1-4-39-28-16-25-23(15-26(28)36-29(38)9-6-12-37(2)3)30(19(17-33)18-34-25)35-21-10-11-27(24(32)14-21)40-22-8-5-7-20(31)13-22/h5-11,13-16,18H,4,12H2,1-3H3,(H,34,35)(H,36,38)/b9-6+. The number of pyridine rings is 1. The molecule has 8 nitrogen and oxygen atoms in total. The minimum Gasteiger partial charge on any atom is -0.492 e. The van der Waals surface area contributed by atoms with Crippen LogP contribution in [0.15, 0.2) is 72.9 Å². The molecule has 4 aromatic rings. The number of rotatable bonds is 10. The van der Waals surface area contributed by atoms with E-state index in [1.165, 1.54) is 42.6 Å². The minimum absolute atomic E-state index is 0.0927. The van der Waals surface area contributed by atoms with Gasteiger partial charge in [0.1, 0.15) is 23.4 Å². The first kappa shape index (κ1) is 28.0. The number of aromatic nitrogens is 1. The molecule has 204 valence electrons. The van der Waals surface area contributed by atoms with Crippen LogP contribution in [-0.4, -0.2) is 43.0 Å². The maximum atomic E-state index is 14.9. The van der Waals surface area contributed by atoms with Crippen LogP contribution in [0.4, 0.5) is 25.8 Å². The quantitative estimate of drug-likeness (QED) is 0.224. The highest BCUT2D eigenvalue weighted by Crippen LogP contribution is 2.37. The number of nitrogens with zero attached hydrogens (tertiary/aromatic N) is 3. The molecule has 0 radical (unpaired) electrons. The summed E-state index contributed by atoms with van der Waals surface area (Å²) in [6, 6.07) is 15.0. The number of nitrogens with one attached hydrogen (secondary N) is 2. The van der Waals surface area contributed by atoms with Gasteiger partial charge in [0.2, 0.25) is 5.91 Å². The van der Waals surface area contributed by atoms with E-state index in [9.17, 15) is 18.8 Å². The summed E-state index contributed by atoms with van der Waals surface area (Å²) in [4.78, 5) is 18.9. The average molecular weight is 544 g/mol. The van der Waals surface area contributed by atoms with Crippen LogP contribution in [0.1, 0.15) is 12.5 Å². The van der Waals surface area contributed by atoms with E-state index in [0.29, 0.717) is 46.9 Å². The fraction of sp³-hybridized carbons (Fsp3) is 0.167. The molecule has 2 N–H and O–H groups in total. The third kappa shape index (κ3) is 6.89. The van der Waals surface area contributed by atoms with E-state index in [0.717, 1.165) is 6.07 Å². The van der Waals surface area contributed by atoms with Gasteiger partial charge in [-0.2, -0.15) is 5.26 Å². The molecule has 0 saturated heterocycles. The predicted octanol–water partition coefficient (Wildman–Crippen LogP) is 6.38. The molecule has 0 bridgehead atoms. The molecule has 4 rings (SSSR count). The molecular formula is C30H27F2N5O3. The maximum Gasteiger partial charge on any atom is 0.248 e. The third-order valence-corrected chi connectivity index (χ3v) is 5.61. The number of fused-ring (bicyclic) bond motifs is 1. The largest absolute Gasteiger partial charge is 0.492 e. The first-order valence-corrected chi connectivity index (χ1v) is 12.4. The van der Waals surface area contributed by atoms with E-state index in [-0.39, 0.29) is 23.0 Å². The molecule has 0 atom stereocenters. The number of benzene rings is 3. The van der Waals surface area contributed by atoms with Crippen LogP contribution in [0.3, 0.4) is 0 Å². The van der Waals surface area contributed by atoms with E-state index in [2.05, 4.69) is 21.7 Å². The number of hydrogen-bond acceptors (Lipinski definition) is 7. The van der Waals surface area contributed by atoms with Gasteiger partial charge in [-0.25, -0.2) is 8.78 Å². The first-order chi connectivity index (χ1) is 19.3. The van der Waals surface area contributed by atoms with Crippen molar-refractivity contribution in [2.24, 2.45) is 0 Å². The van der Waals surface area contributed by atoms with Gasteiger partial charge in [0, 0.05) is 48.1 Å². The van der Waals surface area contributed by atoms with Gasteiger partial charge >= 0.3 is 0 Å². The van der Waals surface area contributed by atoms with E-state index in [4.69, 9.17) is 9.47 Å². The molecule has 10 heteroatoms. The molecule has 0 aliphatic heterocycles. The number of carbonyl (C=O) groups is 1. The number of anilines is 3. The zero-order valence-electron chi connectivity index (χ0n) is 22.2. The Kier molecular flexibility index (Phi) is 8.89. The lowest BCUT2D eigenvalue weighted by molar-refractivity contribution is -0.111. The zero-order chi connectivity index (χ0) is 28.6. The Balaban J connectivity index is 1.68. The summed E-state index contributed by atoms with van der Waals surface area (Å²) in [6.45, 7) is 2.77. The SMILES string of the molecule is CCOc1cc2ncc(C#N)c(Nc3ccc(Oc4cccc(F)c4)c(F)c3)c2cc1NC(=O)/C=C/CN(C)C. The number of amides is 1. The Morgan fingerprint density at radius 1 is 1.12 bits per heavy atom. The molecular weight excluding hydrogens is 516 g/mol. The number of carbonyl (C=O) groups excluding carboxylic acids is 1. The first-order valence-electron chi connectivity index (χ1n) is 12.4. The van der Waals surface area contributed by atoms with Gasteiger partial charge in [0.05, 0.1) is 29.1 Å². The fourth-order valence-corrected chi connectivity index (χ4v) is 3.82. The highest BCUT2D eigenvalue weighted by Gasteiger charge is 2.16. The third-order valence-electron chi connectivity index (χ3n) is 5.61. The number of ether oxygens (including phenoxy) is 2. The lowest BCUT2D eigenvalue weighted by atomic mass is 10.1. The van der Waals surface area contributed by atoms with E-state index in [1.807, 2.05) is 25.9 Å². The summed E-state index contributed by atoms with van der Waals surface area (Å²) in [7, 11) is 3.79. The van der Waals surface area contributed by atoms with E-state index < -0.39 is 11.6 Å². The lowest BCUT2D eigenvalue weighted by Crippen LogP contribution is -2.13. The van der Waals surface area contributed by atoms with Gasteiger partial charge in [0.25, 0.3) is 0 Å². The molecule has 0 spiro atoms. The summed E-state index contributed by atoms with van der Waals surface area (Å²) in [5.74, 6) is -1.07. The highest BCUT2D eigenvalue weighted by molar-refractivity contribution is 6.04. The summed E-state index contributed by atoms with van der Waals surface area (Å²) < 4.78 is 39.6. The molecule has 0 saturated carbocycles. The zero-order valence-corrected chi connectivity index (χ0v) is 22.2. The van der Waals surface area contributed by atoms with Crippen LogP contribution in [0.2, 0.25) is 0 Å². The van der Waals surface area contributed by atoms with Crippen molar-refractivity contribution < 1.29 is 23.0 Å². The smallest absolute Gasteiger partial charge is 0.248 e. The lowest BCUT2D eigenvalue weighted by Gasteiger charge is -2.16. The number of halogens is 2. The second-order valence-electron chi connectivity index (χ2n) is 8.94. The highest BCUT2D eigenvalue weighted by atomic mass is 19.1. The van der Waals surface area contributed by atoms with Gasteiger partial charge in [-0.3, -0.25) is 9.78 Å². The van der Waals surface area contributed by atoms with Crippen LogP contribution in [-0.2, 0) is 4.79 Å². The Bertz CT molecular complexity index is 1620. The number of likely N-dealkylation sites (N-methyl/N-ethyl adjacent to an activating group) is 1. The Morgan fingerprint density at radius 2 is 1.95 bits per heavy atom. The molecule has 40 heavy (non-hydrogen) atoms. The molecule has 1 heterocycles. The molecule has 0 aliphatic carbocycles. The maximum absolute atomic E-state index is 14.9. The van der Waals surface area contributed by atoms with E-state index >= 15 is 0 Å². The number of nitriles is 1. The monoisotopic (exact) mass is 543 g/mol. The van der Waals surface area contributed by atoms with Gasteiger partial charge in [-0.05, 0) is 51.4 Å². The van der Waals surface area contributed by atoms with Crippen molar-refractivity contribution in [2.75, 3.05) is 37.9 Å². The average Bonchev–Trinajstić information content (AvgIpc) is 2.91. The van der Waals surface area contributed by atoms with Crippen molar-refractivity contribution in [3.05, 3.63) is 90.1 Å². The topological polar surface area (TPSA) is 99.5 Å². The molecule has 3 aromatic carbocycles. The second kappa shape index (κ2) is 12.7. The number of hydrogen-bond donors (Lipinski definition) is 2. The Labute approximate surface area is 230 Å². The molecule has 1 amide bonds. The summed E-state index contributed by atoms with van der Waals surface area (Å²) in [5.41, 5.74) is 1.79. The molecule has 0 aliphatic rings. The van der Waals surface area contributed by atoms with Crippen molar-refractivity contribution in [1.29, 1.82) is 5.26 Å². The van der Waals surface area contributed by atoms with Crippen molar-refractivity contribution in [3.8, 4) is 23.3 Å². The van der Waals surface area contributed by atoms with E-state index in [1.54, 1.807) is 24.3 Å². The Morgan fingerprint density at radius 3 is 2.65 bits per heavy atom. The minimum atomic E-state index is -0.692. The normalized spacial score (nSPS) is 11.0. The predicted molar refractivity (Wildman–Crippen MR) is 150 cm³/mol. The molecule has 0 fully saturated rings. The second-order valence-corrected chi connectivity index (χ2v) is 8.94. The van der Waals surface area contributed by atoms with Gasteiger partial charge in [-0.15, -0.1) is 0 Å². The van der Waals surface area contributed by atoms with Crippen molar-refractivity contribution in [3.63, 3.8) is 0 Å². The van der Waals surface area contributed by atoms with Gasteiger partial charge in [-0.1, -0.05) is 12.1 Å². The van der Waals surface area contributed by atoms with Crippen LogP contribution >= 0.6 is 0 Å². The fourth-order valence-electron chi connectivity index (χ4n) is 3.82. The van der Waals surface area contributed by atoms with Crippen molar-refractivity contribution in [1.82, 2.24) is 9.88 Å². The Hall–Kier alpha value is -5.01.